The number of thioether (sulfide) groups is 2. The number of aliphatic hydroxyl groups is 1. The number of hydrogen-bond donors (Lipinski definition) is 1. The molecule has 0 aromatic rings. The highest BCUT2D eigenvalue weighted by molar-refractivity contribution is 8.07. The van der Waals surface area contributed by atoms with Crippen molar-refractivity contribution in [2.75, 3.05) is 5.75 Å². The Morgan fingerprint density at radius 3 is 2.77 bits per heavy atom. The second-order valence-corrected chi connectivity index (χ2v) is 6.54. The third-order valence-corrected chi connectivity index (χ3v) is 5.95. The summed E-state index contributed by atoms with van der Waals surface area (Å²) < 4.78 is 0. The maximum atomic E-state index is 9.77. The molecule has 1 aliphatic rings. The molecule has 0 spiro atoms. The van der Waals surface area contributed by atoms with Crippen molar-refractivity contribution in [3.63, 3.8) is 0 Å². The van der Waals surface area contributed by atoms with Gasteiger partial charge in [0.25, 0.3) is 0 Å². The summed E-state index contributed by atoms with van der Waals surface area (Å²) in [6.45, 7) is 8.16. The molecule has 13 heavy (non-hydrogen) atoms. The maximum Gasteiger partial charge on any atom is 0.0701 e. The van der Waals surface area contributed by atoms with Crippen LogP contribution in [-0.2, 0) is 0 Å². The van der Waals surface area contributed by atoms with Gasteiger partial charge in [0, 0.05) is 21.5 Å². The number of hydrogen-bond acceptors (Lipinski definition) is 3. The zero-order chi connectivity index (χ0) is 9.84. The molecule has 3 heteroatoms. The van der Waals surface area contributed by atoms with Crippen LogP contribution in [0.15, 0.2) is 12.7 Å². The van der Waals surface area contributed by atoms with E-state index in [0.717, 1.165) is 17.4 Å². The predicted octanol–water partition coefficient (Wildman–Crippen LogP) is 2.55. The molecule has 1 saturated heterocycles. The Labute approximate surface area is 89.4 Å². The fourth-order valence-corrected chi connectivity index (χ4v) is 4.36. The first-order valence-corrected chi connectivity index (χ1v) is 6.70. The van der Waals surface area contributed by atoms with Crippen molar-refractivity contribution in [1.82, 2.24) is 0 Å². The molecule has 76 valence electrons. The van der Waals surface area contributed by atoms with Crippen LogP contribution >= 0.6 is 23.5 Å². The molecule has 1 N–H and O–H groups in total. The van der Waals surface area contributed by atoms with Gasteiger partial charge in [-0.25, -0.2) is 0 Å². The van der Waals surface area contributed by atoms with Crippen molar-refractivity contribution >= 4 is 23.5 Å². The van der Waals surface area contributed by atoms with E-state index in [1.54, 1.807) is 6.08 Å². The summed E-state index contributed by atoms with van der Waals surface area (Å²) in [7, 11) is 0. The standard InChI is InChI=1S/C10H18OS2/c1-4-5-9(11)10-6-12-7(2)8(3)13-10/h4,7-11H,1,5-6H2,2-3H3. The van der Waals surface area contributed by atoms with E-state index in [1.165, 1.54) is 0 Å². The Morgan fingerprint density at radius 2 is 2.23 bits per heavy atom. The molecule has 0 radical (unpaired) electrons. The second kappa shape index (κ2) is 5.32. The molecule has 0 bridgehead atoms. The smallest absolute Gasteiger partial charge is 0.0701 e. The molecule has 0 amide bonds. The molecular weight excluding hydrogens is 200 g/mol. The molecular formula is C10H18OS2. The van der Waals surface area contributed by atoms with E-state index in [2.05, 4.69) is 20.4 Å². The Morgan fingerprint density at radius 1 is 1.54 bits per heavy atom. The fourth-order valence-electron chi connectivity index (χ4n) is 1.33. The van der Waals surface area contributed by atoms with Crippen LogP contribution in [0, 0.1) is 0 Å². The van der Waals surface area contributed by atoms with Gasteiger partial charge in [-0.3, -0.25) is 0 Å². The van der Waals surface area contributed by atoms with Gasteiger partial charge in [0.1, 0.15) is 0 Å². The molecule has 0 aliphatic carbocycles. The lowest BCUT2D eigenvalue weighted by molar-refractivity contribution is 0.180. The first-order chi connectivity index (χ1) is 6.15. The van der Waals surface area contributed by atoms with E-state index in [1.807, 2.05) is 23.5 Å². The van der Waals surface area contributed by atoms with E-state index in [-0.39, 0.29) is 6.10 Å². The Balaban J connectivity index is 2.40. The normalized spacial score (nSPS) is 37.0. The third kappa shape index (κ3) is 3.22. The Kier molecular flexibility index (Phi) is 4.70. The van der Waals surface area contributed by atoms with E-state index in [0.29, 0.717) is 10.5 Å². The van der Waals surface area contributed by atoms with Gasteiger partial charge in [0.05, 0.1) is 6.10 Å². The van der Waals surface area contributed by atoms with E-state index in [9.17, 15) is 5.11 Å². The molecule has 4 atom stereocenters. The summed E-state index contributed by atoms with van der Waals surface area (Å²) in [6.07, 6.45) is 2.32. The lowest BCUT2D eigenvalue weighted by Crippen LogP contribution is -2.34. The Bertz CT molecular complexity index is 172. The van der Waals surface area contributed by atoms with Crippen LogP contribution in [0.25, 0.3) is 0 Å². The minimum absolute atomic E-state index is 0.204. The highest BCUT2D eigenvalue weighted by atomic mass is 32.2. The number of rotatable bonds is 3. The van der Waals surface area contributed by atoms with Crippen molar-refractivity contribution in [2.24, 2.45) is 0 Å². The van der Waals surface area contributed by atoms with E-state index < -0.39 is 0 Å². The van der Waals surface area contributed by atoms with Gasteiger partial charge in [0.2, 0.25) is 0 Å². The summed E-state index contributed by atoms with van der Waals surface area (Å²) in [4.78, 5) is 0. The Hall–Kier alpha value is 0.400. The van der Waals surface area contributed by atoms with Gasteiger partial charge in [-0.2, -0.15) is 23.5 Å². The molecule has 1 heterocycles. The highest BCUT2D eigenvalue weighted by Crippen LogP contribution is 2.37. The van der Waals surface area contributed by atoms with Gasteiger partial charge in [0.15, 0.2) is 0 Å². The molecule has 1 rings (SSSR count). The van der Waals surface area contributed by atoms with Gasteiger partial charge >= 0.3 is 0 Å². The monoisotopic (exact) mass is 218 g/mol. The maximum absolute atomic E-state index is 9.77. The first-order valence-electron chi connectivity index (χ1n) is 4.71. The van der Waals surface area contributed by atoms with Crippen LogP contribution in [0.2, 0.25) is 0 Å². The summed E-state index contributed by atoms with van der Waals surface area (Å²) >= 11 is 3.90. The SMILES string of the molecule is C=CCC(O)C1CSC(C)C(C)S1. The molecule has 0 saturated carbocycles. The summed E-state index contributed by atoms with van der Waals surface area (Å²) in [5.41, 5.74) is 0. The van der Waals surface area contributed by atoms with Crippen molar-refractivity contribution in [2.45, 2.75) is 42.1 Å². The minimum Gasteiger partial charge on any atom is -0.392 e. The number of aliphatic hydroxyl groups excluding tert-OH is 1. The largest absolute Gasteiger partial charge is 0.392 e. The highest BCUT2D eigenvalue weighted by Gasteiger charge is 2.29. The zero-order valence-electron chi connectivity index (χ0n) is 8.27. The van der Waals surface area contributed by atoms with Gasteiger partial charge in [-0.15, -0.1) is 6.58 Å². The topological polar surface area (TPSA) is 20.2 Å². The summed E-state index contributed by atoms with van der Waals surface area (Å²) in [5.74, 6) is 1.07. The van der Waals surface area contributed by atoms with Gasteiger partial charge in [-0.05, 0) is 6.42 Å². The van der Waals surface area contributed by atoms with Crippen LogP contribution in [-0.4, -0.2) is 32.7 Å². The zero-order valence-corrected chi connectivity index (χ0v) is 9.90. The average molecular weight is 218 g/mol. The summed E-state index contributed by atoms with van der Waals surface area (Å²) in [5, 5.41) is 11.5. The van der Waals surface area contributed by atoms with Gasteiger partial charge < -0.3 is 5.11 Å². The molecule has 1 aliphatic heterocycles. The predicted molar refractivity (Wildman–Crippen MR) is 63.6 cm³/mol. The molecule has 0 aromatic heterocycles. The lowest BCUT2D eigenvalue weighted by atomic mass is 10.2. The quantitative estimate of drug-likeness (QED) is 0.735. The van der Waals surface area contributed by atoms with Crippen molar-refractivity contribution in [3.8, 4) is 0 Å². The molecule has 0 aromatic carbocycles. The molecule has 1 nitrogen and oxygen atoms in total. The first kappa shape index (κ1) is 11.5. The van der Waals surface area contributed by atoms with Crippen molar-refractivity contribution < 1.29 is 5.11 Å². The molecule has 4 unspecified atom stereocenters. The van der Waals surface area contributed by atoms with Crippen LogP contribution < -0.4 is 0 Å². The fraction of sp³-hybridized carbons (Fsp3) is 0.800. The van der Waals surface area contributed by atoms with Crippen LogP contribution in [0.3, 0.4) is 0 Å². The van der Waals surface area contributed by atoms with Gasteiger partial charge in [-0.1, -0.05) is 19.9 Å². The van der Waals surface area contributed by atoms with Crippen LogP contribution in [0.5, 0.6) is 0 Å². The van der Waals surface area contributed by atoms with Crippen molar-refractivity contribution in [1.29, 1.82) is 0 Å². The average Bonchev–Trinajstić information content (AvgIpc) is 2.10. The van der Waals surface area contributed by atoms with Crippen molar-refractivity contribution in [3.05, 3.63) is 12.7 Å². The molecule has 1 fully saturated rings. The minimum atomic E-state index is -0.204. The summed E-state index contributed by atoms with van der Waals surface area (Å²) in [6, 6.07) is 0. The van der Waals surface area contributed by atoms with Crippen LogP contribution in [0.4, 0.5) is 0 Å². The van der Waals surface area contributed by atoms with E-state index >= 15 is 0 Å². The lowest BCUT2D eigenvalue weighted by Gasteiger charge is -2.33. The van der Waals surface area contributed by atoms with Crippen LogP contribution in [0.1, 0.15) is 20.3 Å². The second-order valence-electron chi connectivity index (χ2n) is 3.51. The third-order valence-electron chi connectivity index (χ3n) is 2.41. The van der Waals surface area contributed by atoms with E-state index in [4.69, 9.17) is 0 Å².